The van der Waals surface area contributed by atoms with Crippen molar-refractivity contribution in [3.63, 3.8) is 0 Å². The lowest BCUT2D eigenvalue weighted by molar-refractivity contribution is -0.137. The number of nitrogens with zero attached hydrogens (tertiary/aromatic N) is 2. The summed E-state index contributed by atoms with van der Waals surface area (Å²) in [5.74, 6) is 0.683. The van der Waals surface area contributed by atoms with Crippen molar-refractivity contribution in [1.82, 2.24) is 9.88 Å². The molecule has 0 spiro atoms. The van der Waals surface area contributed by atoms with Gasteiger partial charge in [-0.1, -0.05) is 12.1 Å². The van der Waals surface area contributed by atoms with Crippen LogP contribution in [-0.2, 0) is 20.8 Å². The standard InChI is InChI=1S/C20H26N2O4/c1-22(19(23)14-25-13-16-6-3-4-11-26-16)12-15-8-9-18(24-2)20-17(15)7-5-10-21-20/h5,7-10,16H,3-4,6,11-14H2,1-2H3. The van der Waals surface area contributed by atoms with Crippen LogP contribution in [0.4, 0.5) is 0 Å². The molecule has 2 heterocycles. The molecule has 1 fully saturated rings. The third-order valence-corrected chi connectivity index (χ3v) is 4.68. The van der Waals surface area contributed by atoms with Crippen molar-refractivity contribution in [3.05, 3.63) is 36.0 Å². The molecule has 1 aromatic carbocycles. The van der Waals surface area contributed by atoms with Gasteiger partial charge in [0.2, 0.25) is 5.91 Å². The maximum absolute atomic E-state index is 12.4. The molecule has 2 aromatic rings. The summed E-state index contributed by atoms with van der Waals surface area (Å²) in [6.45, 7) is 1.84. The molecule has 6 nitrogen and oxygen atoms in total. The number of carbonyl (C=O) groups is 1. The molecule has 0 N–H and O–H groups in total. The molecule has 0 radical (unpaired) electrons. The fraction of sp³-hybridized carbons (Fsp3) is 0.500. The molecule has 3 rings (SSSR count). The fourth-order valence-corrected chi connectivity index (χ4v) is 3.18. The third-order valence-electron chi connectivity index (χ3n) is 4.68. The summed E-state index contributed by atoms with van der Waals surface area (Å²) in [6, 6.07) is 7.75. The molecule has 1 amide bonds. The van der Waals surface area contributed by atoms with Gasteiger partial charge in [-0.3, -0.25) is 9.78 Å². The second-order valence-electron chi connectivity index (χ2n) is 6.58. The van der Waals surface area contributed by atoms with Gasteiger partial charge in [-0.2, -0.15) is 0 Å². The molecule has 6 heteroatoms. The van der Waals surface area contributed by atoms with Crippen LogP contribution in [0.15, 0.2) is 30.5 Å². The SMILES string of the molecule is COc1ccc(CN(C)C(=O)COCC2CCCCO2)c2cccnc12. The fourth-order valence-electron chi connectivity index (χ4n) is 3.18. The number of fused-ring (bicyclic) bond motifs is 1. The second kappa shape index (κ2) is 8.96. The number of carbonyl (C=O) groups excluding carboxylic acids is 1. The molecule has 1 atom stereocenters. The molecule has 0 saturated carbocycles. The Morgan fingerprint density at radius 2 is 2.23 bits per heavy atom. The maximum Gasteiger partial charge on any atom is 0.248 e. The number of hydrogen-bond acceptors (Lipinski definition) is 5. The molecule has 1 aliphatic heterocycles. The number of likely N-dealkylation sites (N-methyl/N-ethyl adjacent to an activating group) is 1. The Morgan fingerprint density at radius 1 is 1.35 bits per heavy atom. The molecule has 1 aliphatic rings. The van der Waals surface area contributed by atoms with E-state index in [1.165, 1.54) is 6.42 Å². The Morgan fingerprint density at radius 3 is 3.00 bits per heavy atom. The minimum Gasteiger partial charge on any atom is -0.494 e. The number of hydrogen-bond donors (Lipinski definition) is 0. The molecule has 1 unspecified atom stereocenters. The van der Waals surface area contributed by atoms with Crippen molar-refractivity contribution >= 4 is 16.8 Å². The minimum atomic E-state index is -0.0475. The van der Waals surface area contributed by atoms with Crippen LogP contribution in [0.3, 0.4) is 0 Å². The molecule has 140 valence electrons. The Bertz CT molecular complexity index is 744. The van der Waals surface area contributed by atoms with Gasteiger partial charge in [0, 0.05) is 31.8 Å². The highest BCUT2D eigenvalue weighted by atomic mass is 16.5. The molecular formula is C20H26N2O4. The number of rotatable bonds is 7. The summed E-state index contributed by atoms with van der Waals surface area (Å²) in [5, 5.41) is 0.989. The Hall–Kier alpha value is -2.18. The summed E-state index contributed by atoms with van der Waals surface area (Å²) in [4.78, 5) is 18.4. The Kier molecular flexibility index (Phi) is 6.41. The average Bonchev–Trinajstić information content (AvgIpc) is 2.69. The highest BCUT2D eigenvalue weighted by Gasteiger charge is 2.16. The molecule has 1 aromatic heterocycles. The van der Waals surface area contributed by atoms with E-state index in [0.717, 1.165) is 41.7 Å². The summed E-state index contributed by atoms with van der Waals surface area (Å²) < 4.78 is 16.6. The van der Waals surface area contributed by atoms with Crippen LogP contribution in [0, 0.1) is 0 Å². The summed E-state index contributed by atoms with van der Waals surface area (Å²) >= 11 is 0. The number of benzene rings is 1. The van der Waals surface area contributed by atoms with E-state index in [4.69, 9.17) is 14.2 Å². The topological polar surface area (TPSA) is 60.9 Å². The largest absolute Gasteiger partial charge is 0.494 e. The van der Waals surface area contributed by atoms with Crippen molar-refractivity contribution in [2.45, 2.75) is 31.9 Å². The van der Waals surface area contributed by atoms with Crippen LogP contribution in [0.2, 0.25) is 0 Å². The minimum absolute atomic E-state index is 0.0475. The van der Waals surface area contributed by atoms with Crippen molar-refractivity contribution in [1.29, 1.82) is 0 Å². The molecule has 1 saturated heterocycles. The second-order valence-corrected chi connectivity index (χ2v) is 6.58. The number of aromatic nitrogens is 1. The van der Waals surface area contributed by atoms with Gasteiger partial charge in [-0.25, -0.2) is 0 Å². The van der Waals surface area contributed by atoms with Crippen molar-refractivity contribution in [2.75, 3.05) is 34.0 Å². The van der Waals surface area contributed by atoms with Crippen LogP contribution in [0.1, 0.15) is 24.8 Å². The highest BCUT2D eigenvalue weighted by Crippen LogP contribution is 2.27. The lowest BCUT2D eigenvalue weighted by Gasteiger charge is -2.23. The van der Waals surface area contributed by atoms with E-state index in [0.29, 0.717) is 13.2 Å². The van der Waals surface area contributed by atoms with E-state index in [1.807, 2.05) is 24.3 Å². The first-order valence-electron chi connectivity index (χ1n) is 9.03. The van der Waals surface area contributed by atoms with E-state index in [9.17, 15) is 4.79 Å². The smallest absolute Gasteiger partial charge is 0.248 e. The van der Waals surface area contributed by atoms with E-state index in [2.05, 4.69) is 4.98 Å². The van der Waals surface area contributed by atoms with E-state index >= 15 is 0 Å². The quantitative estimate of drug-likeness (QED) is 0.762. The van der Waals surface area contributed by atoms with Gasteiger partial charge >= 0.3 is 0 Å². The number of ether oxygens (including phenoxy) is 3. The van der Waals surface area contributed by atoms with Gasteiger partial charge in [-0.05, 0) is 37.0 Å². The first-order valence-corrected chi connectivity index (χ1v) is 9.03. The third kappa shape index (κ3) is 4.51. The molecule has 26 heavy (non-hydrogen) atoms. The first kappa shape index (κ1) is 18.6. The molecular weight excluding hydrogens is 332 g/mol. The summed E-state index contributed by atoms with van der Waals surface area (Å²) in [5.41, 5.74) is 1.83. The van der Waals surface area contributed by atoms with Crippen LogP contribution < -0.4 is 4.74 Å². The highest BCUT2D eigenvalue weighted by molar-refractivity contribution is 5.88. The van der Waals surface area contributed by atoms with Gasteiger partial charge in [0.1, 0.15) is 17.9 Å². The lowest BCUT2D eigenvalue weighted by atomic mass is 10.1. The number of methoxy groups -OCH3 is 1. The average molecular weight is 358 g/mol. The maximum atomic E-state index is 12.4. The zero-order valence-electron chi connectivity index (χ0n) is 15.4. The predicted octanol–water partition coefficient (Wildman–Crippen LogP) is 2.79. The monoisotopic (exact) mass is 358 g/mol. The zero-order valence-corrected chi connectivity index (χ0v) is 15.4. The first-order chi connectivity index (χ1) is 12.7. The van der Waals surface area contributed by atoms with Crippen molar-refractivity contribution < 1.29 is 19.0 Å². The molecule has 0 aliphatic carbocycles. The van der Waals surface area contributed by atoms with Crippen molar-refractivity contribution in [3.8, 4) is 5.75 Å². The van der Waals surface area contributed by atoms with Crippen LogP contribution in [-0.4, -0.2) is 55.9 Å². The predicted molar refractivity (Wildman–Crippen MR) is 99.2 cm³/mol. The van der Waals surface area contributed by atoms with Gasteiger partial charge in [0.25, 0.3) is 0 Å². The Labute approximate surface area is 154 Å². The van der Waals surface area contributed by atoms with Gasteiger partial charge in [0.15, 0.2) is 0 Å². The Balaban J connectivity index is 1.58. The normalized spacial score (nSPS) is 17.2. The molecule has 0 bridgehead atoms. The summed E-state index contributed by atoms with van der Waals surface area (Å²) in [7, 11) is 3.42. The van der Waals surface area contributed by atoms with Crippen LogP contribution >= 0.6 is 0 Å². The number of pyridine rings is 1. The van der Waals surface area contributed by atoms with E-state index < -0.39 is 0 Å². The number of amides is 1. The lowest BCUT2D eigenvalue weighted by Crippen LogP contribution is -2.32. The van der Waals surface area contributed by atoms with E-state index in [-0.39, 0.29) is 18.6 Å². The van der Waals surface area contributed by atoms with Gasteiger partial charge in [0.05, 0.1) is 19.8 Å². The zero-order chi connectivity index (χ0) is 18.4. The van der Waals surface area contributed by atoms with E-state index in [1.54, 1.807) is 25.3 Å². The van der Waals surface area contributed by atoms with Gasteiger partial charge < -0.3 is 19.1 Å². The van der Waals surface area contributed by atoms with Crippen LogP contribution in [0.25, 0.3) is 10.9 Å². The summed E-state index contributed by atoms with van der Waals surface area (Å²) in [6.07, 6.45) is 5.15. The van der Waals surface area contributed by atoms with Gasteiger partial charge in [-0.15, -0.1) is 0 Å². The van der Waals surface area contributed by atoms with Crippen LogP contribution in [0.5, 0.6) is 5.75 Å². The van der Waals surface area contributed by atoms with Crippen molar-refractivity contribution in [2.24, 2.45) is 0 Å².